The van der Waals surface area contributed by atoms with E-state index >= 15 is 0 Å². The first-order valence-corrected chi connectivity index (χ1v) is 11.7. The van der Waals surface area contributed by atoms with Crippen LogP contribution in [0.3, 0.4) is 0 Å². The summed E-state index contributed by atoms with van der Waals surface area (Å²) in [6, 6.07) is 11.4. The van der Waals surface area contributed by atoms with Crippen LogP contribution in [0.4, 0.5) is 13.6 Å². The molecule has 34 heavy (non-hydrogen) atoms. The molecule has 1 saturated carbocycles. The Balaban J connectivity index is 1.64. The minimum atomic E-state index is -0.743. The number of carbonyl (C=O) groups excluding carboxylic acids is 2. The largest absolute Gasteiger partial charge is 0.444 e. The van der Waals surface area contributed by atoms with Crippen LogP contribution in [-0.4, -0.2) is 59.1 Å². The molecule has 2 fully saturated rings. The Hall–Kier alpha value is -3.00. The van der Waals surface area contributed by atoms with Gasteiger partial charge in [0.2, 0.25) is 5.91 Å². The molecule has 2 aromatic carbocycles. The van der Waals surface area contributed by atoms with E-state index in [9.17, 15) is 18.4 Å². The predicted molar refractivity (Wildman–Crippen MR) is 124 cm³/mol. The summed E-state index contributed by atoms with van der Waals surface area (Å²) in [5.41, 5.74) is 0.955. The maximum absolute atomic E-state index is 13.6. The second-order valence-corrected chi connectivity index (χ2v) is 9.97. The normalized spacial score (nSPS) is 19.2. The topological polar surface area (TPSA) is 61.9 Å². The van der Waals surface area contributed by atoms with Gasteiger partial charge in [-0.05, 0) is 69.0 Å². The van der Waals surface area contributed by atoms with Crippen molar-refractivity contribution in [2.45, 2.75) is 57.3 Å². The smallest absolute Gasteiger partial charge is 0.411 e. The number of hydrogen-bond acceptors (Lipinski definition) is 4. The van der Waals surface area contributed by atoms with Crippen molar-refractivity contribution in [3.63, 3.8) is 0 Å². The van der Waals surface area contributed by atoms with Crippen molar-refractivity contribution in [2.75, 3.05) is 19.6 Å². The lowest BCUT2D eigenvalue weighted by atomic mass is 9.95. The molecule has 4 rings (SSSR count). The number of halogens is 2. The average Bonchev–Trinajstić information content (AvgIpc) is 3.59. The van der Waals surface area contributed by atoms with E-state index in [-0.39, 0.29) is 42.7 Å². The molecule has 1 unspecified atom stereocenters. The Morgan fingerprint density at radius 1 is 0.941 bits per heavy atom. The van der Waals surface area contributed by atoms with Gasteiger partial charge in [0, 0.05) is 25.7 Å². The third-order valence-electron chi connectivity index (χ3n) is 6.00. The van der Waals surface area contributed by atoms with E-state index in [0.717, 1.165) is 24.0 Å². The highest BCUT2D eigenvalue weighted by Crippen LogP contribution is 2.32. The van der Waals surface area contributed by atoms with E-state index in [4.69, 9.17) is 4.74 Å². The molecule has 2 amide bonds. The highest BCUT2D eigenvalue weighted by atomic mass is 19.1. The standard InChI is InChI=1S/C26H31F2N3O3/c1-26(2,3)34-25(33)31-15-14-30(16-22(31)24(32)29-21-12-13-21)23(17-4-8-19(27)9-5-17)18-6-10-20(28)11-7-18/h4-11,21-23H,12-16H2,1-3H3,(H,29,32). The Labute approximate surface area is 198 Å². The molecule has 2 aromatic rings. The van der Waals surface area contributed by atoms with Crippen LogP contribution >= 0.6 is 0 Å². The summed E-state index contributed by atoms with van der Waals surface area (Å²) in [5.74, 6) is -0.911. The molecule has 182 valence electrons. The fourth-order valence-electron chi connectivity index (χ4n) is 4.23. The van der Waals surface area contributed by atoms with E-state index in [1.807, 2.05) is 0 Å². The predicted octanol–water partition coefficient (Wildman–Crippen LogP) is 4.25. The summed E-state index contributed by atoms with van der Waals surface area (Å²) in [6.07, 6.45) is 1.34. The van der Waals surface area contributed by atoms with Crippen molar-refractivity contribution < 1.29 is 23.1 Å². The highest BCUT2D eigenvalue weighted by molar-refractivity contribution is 5.86. The van der Waals surface area contributed by atoms with Crippen LogP contribution in [0.15, 0.2) is 48.5 Å². The van der Waals surface area contributed by atoms with Crippen LogP contribution in [-0.2, 0) is 9.53 Å². The zero-order chi connectivity index (χ0) is 24.5. The number of nitrogens with one attached hydrogen (secondary N) is 1. The van der Waals surface area contributed by atoms with Crippen LogP contribution in [0, 0.1) is 11.6 Å². The molecule has 0 aromatic heterocycles. The van der Waals surface area contributed by atoms with E-state index in [2.05, 4.69) is 10.2 Å². The van der Waals surface area contributed by atoms with Gasteiger partial charge in [-0.1, -0.05) is 24.3 Å². The van der Waals surface area contributed by atoms with Gasteiger partial charge in [0.05, 0.1) is 6.04 Å². The van der Waals surface area contributed by atoms with Crippen LogP contribution < -0.4 is 5.32 Å². The van der Waals surface area contributed by atoms with Gasteiger partial charge in [0.15, 0.2) is 0 Å². The molecule has 8 heteroatoms. The quantitative estimate of drug-likeness (QED) is 0.708. The first kappa shape index (κ1) is 24.1. The molecule has 1 aliphatic heterocycles. The van der Waals surface area contributed by atoms with Crippen molar-refractivity contribution in [3.05, 3.63) is 71.3 Å². The van der Waals surface area contributed by atoms with Gasteiger partial charge in [0.1, 0.15) is 23.3 Å². The Kier molecular flexibility index (Phi) is 6.89. The third-order valence-corrected chi connectivity index (χ3v) is 6.00. The zero-order valence-corrected chi connectivity index (χ0v) is 19.8. The molecule has 1 atom stereocenters. The number of rotatable bonds is 5. The maximum Gasteiger partial charge on any atom is 0.411 e. The minimum Gasteiger partial charge on any atom is -0.444 e. The number of nitrogens with zero attached hydrogens (tertiary/aromatic N) is 2. The maximum atomic E-state index is 13.6. The fourth-order valence-corrected chi connectivity index (χ4v) is 4.23. The van der Waals surface area contributed by atoms with Gasteiger partial charge >= 0.3 is 6.09 Å². The molecule has 2 aliphatic rings. The molecule has 1 aliphatic carbocycles. The molecular weight excluding hydrogens is 440 g/mol. The summed E-state index contributed by atoms with van der Waals surface area (Å²) >= 11 is 0. The van der Waals surface area contributed by atoms with Gasteiger partial charge in [-0.25, -0.2) is 13.6 Å². The molecule has 0 radical (unpaired) electrons. The Morgan fingerprint density at radius 3 is 1.94 bits per heavy atom. The van der Waals surface area contributed by atoms with Crippen molar-refractivity contribution in [3.8, 4) is 0 Å². The number of hydrogen-bond donors (Lipinski definition) is 1. The number of ether oxygens (including phenoxy) is 1. The van der Waals surface area contributed by atoms with Gasteiger partial charge in [-0.15, -0.1) is 0 Å². The summed E-state index contributed by atoms with van der Waals surface area (Å²) in [4.78, 5) is 29.7. The van der Waals surface area contributed by atoms with Crippen molar-refractivity contribution in [2.24, 2.45) is 0 Å². The molecule has 1 N–H and O–H groups in total. The van der Waals surface area contributed by atoms with E-state index in [1.54, 1.807) is 45.0 Å². The van der Waals surface area contributed by atoms with Gasteiger partial charge in [-0.3, -0.25) is 14.6 Å². The SMILES string of the molecule is CC(C)(C)OC(=O)N1CCN(C(c2ccc(F)cc2)c2ccc(F)cc2)CC1C(=O)NC1CC1. The van der Waals surface area contributed by atoms with Crippen LogP contribution in [0.1, 0.15) is 50.8 Å². The highest BCUT2D eigenvalue weighted by Gasteiger charge is 2.41. The number of amides is 2. The second kappa shape index (κ2) is 9.70. The Morgan fingerprint density at radius 2 is 1.47 bits per heavy atom. The van der Waals surface area contributed by atoms with Gasteiger partial charge < -0.3 is 10.1 Å². The van der Waals surface area contributed by atoms with Crippen LogP contribution in [0.25, 0.3) is 0 Å². The first-order chi connectivity index (χ1) is 16.1. The monoisotopic (exact) mass is 471 g/mol. The van der Waals surface area contributed by atoms with E-state index < -0.39 is 17.7 Å². The fraction of sp³-hybridized carbons (Fsp3) is 0.462. The number of piperazine rings is 1. The lowest BCUT2D eigenvalue weighted by Gasteiger charge is -2.44. The lowest BCUT2D eigenvalue weighted by molar-refractivity contribution is -0.129. The number of carbonyl (C=O) groups is 2. The first-order valence-electron chi connectivity index (χ1n) is 11.7. The molecule has 1 heterocycles. The van der Waals surface area contributed by atoms with Crippen molar-refractivity contribution in [1.82, 2.24) is 15.1 Å². The second-order valence-electron chi connectivity index (χ2n) is 9.97. The molecule has 1 saturated heterocycles. The third kappa shape index (κ3) is 5.91. The molecule has 0 bridgehead atoms. The summed E-state index contributed by atoms with van der Waals surface area (Å²) in [5, 5.41) is 3.01. The van der Waals surface area contributed by atoms with Gasteiger partial charge in [0.25, 0.3) is 0 Å². The molecule has 6 nitrogen and oxygen atoms in total. The summed E-state index contributed by atoms with van der Waals surface area (Å²) in [6.45, 7) is 6.39. The zero-order valence-electron chi connectivity index (χ0n) is 19.8. The summed E-state index contributed by atoms with van der Waals surface area (Å²) < 4.78 is 32.9. The minimum absolute atomic E-state index is 0.147. The van der Waals surface area contributed by atoms with Crippen LogP contribution in [0.5, 0.6) is 0 Å². The van der Waals surface area contributed by atoms with Crippen LogP contribution in [0.2, 0.25) is 0 Å². The summed E-state index contributed by atoms with van der Waals surface area (Å²) in [7, 11) is 0. The average molecular weight is 472 g/mol. The van der Waals surface area contributed by atoms with Gasteiger partial charge in [-0.2, -0.15) is 0 Å². The molecule has 0 spiro atoms. The molecular formula is C26H31F2N3O3. The van der Waals surface area contributed by atoms with E-state index in [0.29, 0.717) is 6.54 Å². The lowest BCUT2D eigenvalue weighted by Crippen LogP contribution is -2.61. The van der Waals surface area contributed by atoms with Crippen molar-refractivity contribution in [1.29, 1.82) is 0 Å². The Bertz CT molecular complexity index is 972. The number of benzene rings is 2. The van der Waals surface area contributed by atoms with E-state index in [1.165, 1.54) is 29.2 Å². The van der Waals surface area contributed by atoms with Crippen molar-refractivity contribution >= 4 is 12.0 Å².